The van der Waals surface area contributed by atoms with E-state index in [0.717, 1.165) is 16.9 Å². The summed E-state index contributed by atoms with van der Waals surface area (Å²) >= 11 is 0. The van der Waals surface area contributed by atoms with Gasteiger partial charge in [-0.1, -0.05) is 42.5 Å². The molecule has 0 aliphatic heterocycles. The SMILES string of the molecule is CC(C)Oc1ccc(CNOCc2ccccc2)cc1. The number of hydroxylamine groups is 1. The first-order valence-corrected chi connectivity index (χ1v) is 6.88. The molecule has 0 aromatic heterocycles. The molecule has 0 aliphatic carbocycles. The Balaban J connectivity index is 1.71. The normalized spacial score (nSPS) is 10.8. The summed E-state index contributed by atoms with van der Waals surface area (Å²) in [7, 11) is 0. The van der Waals surface area contributed by atoms with Crippen molar-refractivity contribution in [2.24, 2.45) is 0 Å². The van der Waals surface area contributed by atoms with E-state index in [1.54, 1.807) is 0 Å². The predicted molar refractivity (Wildman–Crippen MR) is 80.3 cm³/mol. The highest BCUT2D eigenvalue weighted by atomic mass is 16.6. The number of ether oxygens (including phenoxy) is 1. The van der Waals surface area contributed by atoms with Crippen molar-refractivity contribution in [2.75, 3.05) is 0 Å². The van der Waals surface area contributed by atoms with Crippen LogP contribution in [0.2, 0.25) is 0 Å². The maximum Gasteiger partial charge on any atom is 0.119 e. The van der Waals surface area contributed by atoms with Gasteiger partial charge in [-0.25, -0.2) is 0 Å². The molecule has 0 atom stereocenters. The van der Waals surface area contributed by atoms with Crippen LogP contribution in [0.25, 0.3) is 0 Å². The van der Waals surface area contributed by atoms with Gasteiger partial charge in [0.05, 0.1) is 12.7 Å². The van der Waals surface area contributed by atoms with Gasteiger partial charge in [-0.2, -0.15) is 5.48 Å². The number of hydrogen-bond acceptors (Lipinski definition) is 3. The molecule has 0 bridgehead atoms. The molecule has 0 amide bonds. The van der Waals surface area contributed by atoms with Crippen LogP contribution in [0.15, 0.2) is 54.6 Å². The zero-order chi connectivity index (χ0) is 14.2. The fraction of sp³-hybridized carbons (Fsp3) is 0.294. The molecule has 20 heavy (non-hydrogen) atoms. The third kappa shape index (κ3) is 5.03. The monoisotopic (exact) mass is 271 g/mol. The van der Waals surface area contributed by atoms with Gasteiger partial charge >= 0.3 is 0 Å². The van der Waals surface area contributed by atoms with E-state index in [1.807, 2.05) is 68.4 Å². The molecule has 2 rings (SSSR count). The van der Waals surface area contributed by atoms with Crippen LogP contribution in [0.5, 0.6) is 5.75 Å². The highest BCUT2D eigenvalue weighted by Crippen LogP contribution is 2.13. The number of hydrogen-bond donors (Lipinski definition) is 1. The van der Waals surface area contributed by atoms with Crippen molar-refractivity contribution < 1.29 is 9.57 Å². The second-order valence-electron chi connectivity index (χ2n) is 4.91. The van der Waals surface area contributed by atoms with E-state index in [4.69, 9.17) is 9.57 Å². The number of benzene rings is 2. The van der Waals surface area contributed by atoms with Crippen molar-refractivity contribution >= 4 is 0 Å². The van der Waals surface area contributed by atoms with Crippen molar-refractivity contribution in [1.29, 1.82) is 0 Å². The Morgan fingerprint density at radius 2 is 1.60 bits per heavy atom. The molecule has 1 N–H and O–H groups in total. The van der Waals surface area contributed by atoms with Crippen molar-refractivity contribution in [3.05, 3.63) is 65.7 Å². The first-order chi connectivity index (χ1) is 9.74. The van der Waals surface area contributed by atoms with Crippen LogP contribution >= 0.6 is 0 Å². The van der Waals surface area contributed by atoms with Gasteiger partial charge in [0, 0.05) is 6.54 Å². The van der Waals surface area contributed by atoms with Gasteiger partial charge in [0.25, 0.3) is 0 Å². The van der Waals surface area contributed by atoms with Crippen LogP contribution in [0, 0.1) is 0 Å². The molecule has 0 radical (unpaired) electrons. The molecule has 3 nitrogen and oxygen atoms in total. The van der Waals surface area contributed by atoms with E-state index in [0.29, 0.717) is 13.2 Å². The minimum Gasteiger partial charge on any atom is -0.491 e. The Morgan fingerprint density at radius 3 is 2.25 bits per heavy atom. The smallest absolute Gasteiger partial charge is 0.119 e. The van der Waals surface area contributed by atoms with E-state index in [-0.39, 0.29) is 6.10 Å². The van der Waals surface area contributed by atoms with Crippen molar-refractivity contribution in [3.8, 4) is 5.75 Å². The summed E-state index contributed by atoms with van der Waals surface area (Å²) in [6.45, 7) is 5.28. The summed E-state index contributed by atoms with van der Waals surface area (Å²) < 4.78 is 5.60. The standard InChI is InChI=1S/C17H21NO2/c1-14(2)20-17-10-8-15(9-11-17)12-18-19-13-16-6-4-3-5-7-16/h3-11,14,18H,12-13H2,1-2H3. The fourth-order valence-corrected chi connectivity index (χ4v) is 1.80. The third-order valence-electron chi connectivity index (χ3n) is 2.76. The Kier molecular flexibility index (Phi) is 5.59. The van der Waals surface area contributed by atoms with Gasteiger partial charge in [-0.05, 0) is 37.1 Å². The summed E-state index contributed by atoms with van der Waals surface area (Å²) in [6, 6.07) is 18.1. The molecule has 0 heterocycles. The lowest BCUT2D eigenvalue weighted by Crippen LogP contribution is -2.13. The molecule has 0 saturated heterocycles. The molecular formula is C17H21NO2. The maximum atomic E-state index is 5.60. The second kappa shape index (κ2) is 7.68. The molecule has 106 valence electrons. The molecule has 0 unspecified atom stereocenters. The van der Waals surface area contributed by atoms with Gasteiger partial charge < -0.3 is 4.74 Å². The highest BCUT2D eigenvalue weighted by Gasteiger charge is 1.98. The van der Waals surface area contributed by atoms with Gasteiger partial charge in [-0.3, -0.25) is 4.84 Å². The van der Waals surface area contributed by atoms with E-state index in [2.05, 4.69) is 5.48 Å². The average Bonchev–Trinajstić information content (AvgIpc) is 2.46. The fourth-order valence-electron chi connectivity index (χ4n) is 1.80. The lowest BCUT2D eigenvalue weighted by atomic mass is 10.2. The minimum atomic E-state index is 0.202. The molecule has 0 aliphatic rings. The molecule has 2 aromatic carbocycles. The minimum absolute atomic E-state index is 0.202. The zero-order valence-electron chi connectivity index (χ0n) is 12.0. The van der Waals surface area contributed by atoms with Crippen molar-refractivity contribution in [1.82, 2.24) is 5.48 Å². The molecule has 0 saturated carbocycles. The lowest BCUT2D eigenvalue weighted by molar-refractivity contribution is 0.0235. The van der Waals surface area contributed by atoms with Crippen LogP contribution < -0.4 is 10.2 Å². The lowest BCUT2D eigenvalue weighted by Gasteiger charge is -2.10. The Labute approximate surface area is 120 Å². The largest absolute Gasteiger partial charge is 0.491 e. The van der Waals surface area contributed by atoms with Crippen LogP contribution in [-0.2, 0) is 18.0 Å². The summed E-state index contributed by atoms with van der Waals surface area (Å²) in [4.78, 5) is 5.44. The zero-order valence-corrected chi connectivity index (χ0v) is 12.0. The van der Waals surface area contributed by atoms with Gasteiger partial charge in [-0.15, -0.1) is 0 Å². The molecule has 0 fully saturated rings. The van der Waals surface area contributed by atoms with Gasteiger partial charge in [0.15, 0.2) is 0 Å². The Hall–Kier alpha value is -1.84. The van der Waals surface area contributed by atoms with Crippen LogP contribution in [0.1, 0.15) is 25.0 Å². The summed E-state index contributed by atoms with van der Waals surface area (Å²) in [5, 5.41) is 0. The predicted octanol–water partition coefficient (Wildman–Crippen LogP) is 3.70. The first-order valence-electron chi connectivity index (χ1n) is 6.88. The van der Waals surface area contributed by atoms with E-state index >= 15 is 0 Å². The van der Waals surface area contributed by atoms with Crippen LogP contribution in [0.3, 0.4) is 0 Å². The molecule has 0 spiro atoms. The molecular weight excluding hydrogens is 250 g/mol. The number of rotatable bonds is 7. The van der Waals surface area contributed by atoms with Gasteiger partial charge in [0.2, 0.25) is 0 Å². The molecule has 3 heteroatoms. The summed E-state index contributed by atoms with van der Waals surface area (Å²) in [6.07, 6.45) is 0.202. The third-order valence-corrected chi connectivity index (χ3v) is 2.76. The summed E-state index contributed by atoms with van der Waals surface area (Å²) in [5.41, 5.74) is 5.28. The van der Waals surface area contributed by atoms with Crippen LogP contribution in [-0.4, -0.2) is 6.10 Å². The van der Waals surface area contributed by atoms with E-state index in [9.17, 15) is 0 Å². The van der Waals surface area contributed by atoms with Crippen molar-refractivity contribution in [3.63, 3.8) is 0 Å². The van der Waals surface area contributed by atoms with Crippen molar-refractivity contribution in [2.45, 2.75) is 33.1 Å². The average molecular weight is 271 g/mol. The van der Waals surface area contributed by atoms with Gasteiger partial charge in [0.1, 0.15) is 5.75 Å². The highest BCUT2D eigenvalue weighted by molar-refractivity contribution is 5.27. The Morgan fingerprint density at radius 1 is 0.900 bits per heavy atom. The quantitative estimate of drug-likeness (QED) is 0.615. The maximum absolute atomic E-state index is 5.60. The number of nitrogens with one attached hydrogen (secondary N) is 1. The Bertz CT molecular complexity index is 494. The van der Waals surface area contributed by atoms with E-state index in [1.165, 1.54) is 0 Å². The van der Waals surface area contributed by atoms with Crippen LogP contribution in [0.4, 0.5) is 0 Å². The second-order valence-corrected chi connectivity index (χ2v) is 4.91. The first kappa shape index (κ1) is 14.6. The summed E-state index contributed by atoms with van der Waals surface area (Å²) in [5.74, 6) is 0.897. The molecule has 2 aromatic rings. The topological polar surface area (TPSA) is 30.5 Å². The van der Waals surface area contributed by atoms with E-state index < -0.39 is 0 Å².